The molecule has 0 aromatic heterocycles. The second-order valence-corrected chi connectivity index (χ2v) is 12.3. The lowest BCUT2D eigenvalue weighted by Crippen LogP contribution is -2.45. The molecule has 1 aliphatic rings. The highest BCUT2D eigenvalue weighted by Crippen LogP contribution is 2.32. The van der Waals surface area contributed by atoms with Gasteiger partial charge in [-0.15, -0.1) is 0 Å². The predicted molar refractivity (Wildman–Crippen MR) is 138 cm³/mol. The fraction of sp³-hybridized carbons (Fsp3) is 0.964. The van der Waals surface area contributed by atoms with Gasteiger partial charge in [-0.25, -0.2) is 0 Å². The third-order valence-electron chi connectivity index (χ3n) is 7.83. The normalized spacial score (nSPS) is 28.3. The van der Waals surface area contributed by atoms with Crippen molar-refractivity contribution in [2.45, 2.75) is 143 Å². The summed E-state index contributed by atoms with van der Waals surface area (Å²) in [5, 5.41) is 42.3. The number of ether oxygens (including phenoxy) is 2. The maximum absolute atomic E-state index is 12.9. The molecule has 1 heterocycles. The third-order valence-corrected chi connectivity index (χ3v) is 7.83. The van der Waals surface area contributed by atoms with Crippen LogP contribution >= 0.6 is 0 Å². The fourth-order valence-corrected chi connectivity index (χ4v) is 4.92. The highest BCUT2D eigenvalue weighted by molar-refractivity contribution is 5.79. The van der Waals surface area contributed by atoms with Gasteiger partial charge >= 0.3 is 0 Å². The lowest BCUT2D eigenvalue weighted by Gasteiger charge is -2.31. The van der Waals surface area contributed by atoms with Crippen molar-refractivity contribution in [3.05, 3.63) is 0 Å². The van der Waals surface area contributed by atoms with Crippen LogP contribution < -0.4 is 0 Å². The zero-order valence-electron chi connectivity index (χ0n) is 23.5. The van der Waals surface area contributed by atoms with E-state index in [4.69, 9.17) is 9.47 Å². The van der Waals surface area contributed by atoms with Gasteiger partial charge in [0.15, 0.2) is 6.29 Å². The smallest absolute Gasteiger partial charge is 0.186 e. The quantitative estimate of drug-likeness (QED) is 0.250. The van der Waals surface area contributed by atoms with Gasteiger partial charge in [0.05, 0.1) is 24.9 Å². The number of ketones is 1. The maximum Gasteiger partial charge on any atom is 0.186 e. The van der Waals surface area contributed by atoms with Crippen LogP contribution in [0.3, 0.4) is 0 Å². The van der Waals surface area contributed by atoms with Crippen molar-refractivity contribution in [2.75, 3.05) is 6.61 Å². The van der Waals surface area contributed by atoms with Crippen LogP contribution in [0.4, 0.5) is 0 Å². The second-order valence-electron chi connectivity index (χ2n) is 12.3. The van der Waals surface area contributed by atoms with Gasteiger partial charge in [-0.1, -0.05) is 68.2 Å². The highest BCUT2D eigenvalue weighted by atomic mass is 16.7. The van der Waals surface area contributed by atoms with Crippen LogP contribution in [0, 0.1) is 23.2 Å². The molecule has 0 saturated carbocycles. The van der Waals surface area contributed by atoms with Crippen molar-refractivity contribution in [1.82, 2.24) is 0 Å². The van der Waals surface area contributed by atoms with Crippen LogP contribution in [0.2, 0.25) is 0 Å². The van der Waals surface area contributed by atoms with E-state index in [1.807, 2.05) is 13.8 Å². The van der Waals surface area contributed by atoms with Crippen molar-refractivity contribution in [1.29, 1.82) is 0 Å². The van der Waals surface area contributed by atoms with Crippen molar-refractivity contribution in [2.24, 2.45) is 23.2 Å². The van der Waals surface area contributed by atoms with Crippen molar-refractivity contribution in [3.8, 4) is 0 Å². The van der Waals surface area contributed by atoms with Gasteiger partial charge in [0.2, 0.25) is 0 Å². The minimum absolute atomic E-state index is 0.00165. The molecule has 4 N–H and O–H groups in total. The van der Waals surface area contributed by atoms with E-state index in [0.29, 0.717) is 31.6 Å². The lowest BCUT2D eigenvalue weighted by molar-refractivity contribution is -0.199. The number of aliphatic hydroxyl groups is 4. The molecule has 7 nitrogen and oxygen atoms in total. The SMILES string of the molecule is CCC(C)C(CC(=O)CC(O)CC(O[C@@H]1OC[C@](O)(CC)C1O)C(C)CC)CC(O)CC(C)(C)C. The molecule has 0 bridgehead atoms. The molecule has 0 aliphatic carbocycles. The van der Waals surface area contributed by atoms with Crippen LogP contribution in [-0.2, 0) is 14.3 Å². The molecule has 1 saturated heterocycles. The Morgan fingerprint density at radius 1 is 1.03 bits per heavy atom. The first-order valence-corrected chi connectivity index (χ1v) is 13.7. The van der Waals surface area contributed by atoms with Gasteiger partial charge in [0.1, 0.15) is 17.5 Å². The molecule has 9 atom stereocenters. The van der Waals surface area contributed by atoms with Crippen LogP contribution in [0.25, 0.3) is 0 Å². The van der Waals surface area contributed by atoms with E-state index < -0.39 is 36.3 Å². The first kappa shape index (κ1) is 32.5. The number of rotatable bonds is 16. The summed E-state index contributed by atoms with van der Waals surface area (Å²) < 4.78 is 11.6. The topological polar surface area (TPSA) is 116 Å². The van der Waals surface area contributed by atoms with Crippen LogP contribution in [-0.4, -0.2) is 69.1 Å². The zero-order valence-corrected chi connectivity index (χ0v) is 23.5. The molecule has 1 aliphatic heterocycles. The summed E-state index contributed by atoms with van der Waals surface area (Å²) in [5.74, 6) is 0.449. The number of carbonyl (C=O) groups is 1. The Bertz CT molecular complexity index is 619. The number of Topliss-reactive ketones (excluding diaryl/α,β-unsaturated/α-hetero) is 1. The summed E-state index contributed by atoms with van der Waals surface area (Å²) in [5.41, 5.74) is -1.31. The monoisotopic (exact) mass is 502 g/mol. The Morgan fingerprint density at radius 3 is 2.11 bits per heavy atom. The molecule has 0 radical (unpaired) electrons. The molecule has 0 amide bonds. The Kier molecular flexibility index (Phi) is 13.3. The number of carbonyl (C=O) groups excluding carboxylic acids is 1. The number of hydrogen-bond acceptors (Lipinski definition) is 7. The van der Waals surface area contributed by atoms with Crippen LogP contribution in [0.15, 0.2) is 0 Å². The first-order valence-electron chi connectivity index (χ1n) is 13.7. The molecular weight excluding hydrogens is 448 g/mol. The van der Waals surface area contributed by atoms with Gasteiger partial charge in [0.25, 0.3) is 0 Å². The average molecular weight is 503 g/mol. The summed E-state index contributed by atoms with van der Waals surface area (Å²) in [7, 11) is 0. The molecule has 7 unspecified atom stereocenters. The van der Waals surface area contributed by atoms with E-state index in [2.05, 4.69) is 34.6 Å². The van der Waals surface area contributed by atoms with Gasteiger partial charge in [-0.05, 0) is 42.4 Å². The maximum atomic E-state index is 12.9. The molecule has 35 heavy (non-hydrogen) atoms. The molecule has 0 aromatic carbocycles. The Morgan fingerprint density at radius 2 is 1.63 bits per heavy atom. The second kappa shape index (κ2) is 14.4. The van der Waals surface area contributed by atoms with E-state index in [1.54, 1.807) is 6.92 Å². The molecule has 208 valence electrons. The van der Waals surface area contributed by atoms with Crippen LogP contribution in [0.1, 0.15) is 107 Å². The van der Waals surface area contributed by atoms with Crippen molar-refractivity contribution < 1.29 is 34.7 Å². The summed E-state index contributed by atoms with van der Waals surface area (Å²) in [6.45, 7) is 16.3. The summed E-state index contributed by atoms with van der Waals surface area (Å²) >= 11 is 0. The van der Waals surface area contributed by atoms with Crippen molar-refractivity contribution >= 4 is 5.78 Å². The molecule has 1 fully saturated rings. The van der Waals surface area contributed by atoms with Gasteiger partial charge in [0, 0.05) is 19.3 Å². The predicted octanol–water partition coefficient (Wildman–Crippen LogP) is 4.23. The molecule has 7 heteroatoms. The first-order chi connectivity index (χ1) is 16.2. The Hall–Kier alpha value is -0.570. The summed E-state index contributed by atoms with van der Waals surface area (Å²) in [6, 6.07) is 0. The van der Waals surface area contributed by atoms with E-state index in [1.165, 1.54) is 0 Å². The molecule has 1 rings (SSSR count). The van der Waals surface area contributed by atoms with E-state index in [9.17, 15) is 25.2 Å². The minimum atomic E-state index is -1.33. The number of hydrogen-bond donors (Lipinski definition) is 4. The standard InChI is InChI=1S/C28H54O7/c1-9-18(4)20(13-23(31)16-27(6,7)8)12-21(29)14-22(30)15-24(19(5)10-2)35-26-25(32)28(33,11-3)17-34-26/h18-20,22-26,30-33H,9-17H2,1-8H3/t18?,19?,20?,22?,23?,24?,25?,26-,28+/m0/s1. The Labute approximate surface area is 213 Å². The lowest BCUT2D eigenvalue weighted by atomic mass is 9.79. The zero-order chi connectivity index (χ0) is 27.0. The average Bonchev–Trinajstić information content (AvgIpc) is 3.04. The van der Waals surface area contributed by atoms with E-state index >= 15 is 0 Å². The van der Waals surface area contributed by atoms with E-state index in [0.717, 1.165) is 12.8 Å². The summed E-state index contributed by atoms with van der Waals surface area (Å²) in [4.78, 5) is 12.9. The van der Waals surface area contributed by atoms with Crippen LogP contribution in [0.5, 0.6) is 0 Å². The molecule has 0 aromatic rings. The Balaban J connectivity index is 2.73. The van der Waals surface area contributed by atoms with Crippen molar-refractivity contribution in [3.63, 3.8) is 0 Å². The molecule has 0 spiro atoms. The minimum Gasteiger partial charge on any atom is -0.393 e. The largest absolute Gasteiger partial charge is 0.393 e. The van der Waals surface area contributed by atoms with Gasteiger partial charge in [-0.2, -0.15) is 0 Å². The van der Waals surface area contributed by atoms with Gasteiger partial charge in [-0.3, -0.25) is 4.79 Å². The summed E-state index contributed by atoms with van der Waals surface area (Å²) in [6.07, 6.45) is 0.124. The number of aliphatic hydroxyl groups excluding tert-OH is 3. The highest BCUT2D eigenvalue weighted by Gasteiger charge is 2.48. The third kappa shape index (κ3) is 10.7. The van der Waals surface area contributed by atoms with Gasteiger partial charge < -0.3 is 29.9 Å². The van der Waals surface area contributed by atoms with E-state index in [-0.39, 0.29) is 42.5 Å². The molecular formula is C28H54O7. The fourth-order valence-electron chi connectivity index (χ4n) is 4.92.